The predicted octanol–water partition coefficient (Wildman–Crippen LogP) is 2.72. The number of hydrogen-bond acceptors (Lipinski definition) is 5. The van der Waals surface area contributed by atoms with Crippen LogP contribution in [0.5, 0.6) is 0 Å². The topological polar surface area (TPSA) is 90.9 Å². The molecule has 1 heterocycles. The van der Waals surface area contributed by atoms with E-state index in [0.29, 0.717) is 17.1 Å². The highest BCUT2D eigenvalue weighted by Gasteiger charge is 2.38. The fraction of sp³-hybridized carbons (Fsp3) is 0.150. The predicted molar refractivity (Wildman–Crippen MR) is 112 cm³/mol. The summed E-state index contributed by atoms with van der Waals surface area (Å²) in [5.41, 5.74) is 2.81. The Hall–Kier alpha value is -3.39. The van der Waals surface area contributed by atoms with Crippen molar-refractivity contribution in [2.24, 2.45) is 10.9 Å². The molecule has 7 nitrogen and oxygen atoms in total. The zero-order valence-corrected chi connectivity index (χ0v) is 16.1. The number of aryl methyl sites for hydroxylation is 1. The number of carbonyl (C=O) groups excluding carboxylic acids is 3. The molecule has 1 saturated heterocycles. The van der Waals surface area contributed by atoms with Crippen molar-refractivity contribution in [3.05, 3.63) is 54.1 Å². The fourth-order valence-corrected chi connectivity index (χ4v) is 2.95. The molecule has 8 heteroatoms. The second-order valence-corrected chi connectivity index (χ2v) is 6.67. The molecule has 1 aliphatic rings. The molecule has 3 amide bonds. The zero-order valence-electron chi connectivity index (χ0n) is 15.3. The minimum atomic E-state index is -1.09. The Bertz CT molecular complexity index is 968. The first kappa shape index (κ1) is 19.4. The molecule has 2 aromatic carbocycles. The lowest BCUT2D eigenvalue weighted by atomic mass is 10.1. The molecule has 1 atom stereocenters. The van der Waals surface area contributed by atoms with Crippen LogP contribution in [-0.4, -0.2) is 29.0 Å². The summed E-state index contributed by atoms with van der Waals surface area (Å²) in [7, 11) is 0. The Morgan fingerprint density at radius 1 is 1.14 bits per heavy atom. The summed E-state index contributed by atoms with van der Waals surface area (Å²) < 4.78 is 0. The molecular weight excluding hydrogens is 376 g/mol. The van der Waals surface area contributed by atoms with Gasteiger partial charge >= 0.3 is 0 Å². The maximum absolute atomic E-state index is 12.9. The number of anilines is 2. The minimum absolute atomic E-state index is 0.0446. The molecule has 0 bridgehead atoms. The largest absolute Gasteiger partial charge is 0.326 e. The summed E-state index contributed by atoms with van der Waals surface area (Å²) >= 11 is 5.17. The van der Waals surface area contributed by atoms with E-state index < -0.39 is 17.7 Å². The van der Waals surface area contributed by atoms with Gasteiger partial charge in [-0.1, -0.05) is 17.7 Å². The highest BCUT2D eigenvalue weighted by Crippen LogP contribution is 2.22. The van der Waals surface area contributed by atoms with Crippen LogP contribution in [0, 0.1) is 12.8 Å². The highest BCUT2D eigenvalue weighted by molar-refractivity contribution is 7.80. The number of benzene rings is 2. The Labute approximate surface area is 167 Å². The lowest BCUT2D eigenvalue weighted by molar-refractivity contribution is -0.130. The Balaban J connectivity index is 1.80. The third-order valence-electron chi connectivity index (χ3n) is 4.05. The van der Waals surface area contributed by atoms with E-state index in [1.165, 1.54) is 18.0 Å². The molecule has 1 fully saturated rings. The molecule has 1 aliphatic heterocycles. The quantitative estimate of drug-likeness (QED) is 0.474. The van der Waals surface area contributed by atoms with E-state index in [2.05, 4.69) is 15.6 Å². The Morgan fingerprint density at radius 3 is 2.39 bits per heavy atom. The van der Waals surface area contributed by atoms with E-state index in [1.54, 1.807) is 36.4 Å². The molecule has 142 valence electrons. The van der Waals surface area contributed by atoms with Crippen molar-refractivity contribution in [2.45, 2.75) is 13.8 Å². The monoisotopic (exact) mass is 394 g/mol. The average Bonchev–Trinajstić information content (AvgIpc) is 2.63. The van der Waals surface area contributed by atoms with Crippen molar-refractivity contribution in [1.82, 2.24) is 5.32 Å². The summed E-state index contributed by atoms with van der Waals surface area (Å²) in [4.78, 5) is 41.7. The highest BCUT2D eigenvalue weighted by atomic mass is 32.1. The molecule has 28 heavy (non-hydrogen) atoms. The first-order valence-corrected chi connectivity index (χ1v) is 8.93. The third kappa shape index (κ3) is 4.29. The first-order chi connectivity index (χ1) is 13.3. The van der Waals surface area contributed by atoms with Crippen molar-refractivity contribution in [2.75, 3.05) is 10.2 Å². The first-order valence-electron chi connectivity index (χ1n) is 8.52. The van der Waals surface area contributed by atoms with Crippen molar-refractivity contribution >= 4 is 58.3 Å². The number of carbonyl (C=O) groups is 3. The van der Waals surface area contributed by atoms with Gasteiger partial charge in [0, 0.05) is 18.8 Å². The Morgan fingerprint density at radius 2 is 1.79 bits per heavy atom. The average molecular weight is 394 g/mol. The third-order valence-corrected chi connectivity index (χ3v) is 4.34. The maximum Gasteiger partial charge on any atom is 0.251 e. The van der Waals surface area contributed by atoms with Gasteiger partial charge in [0.2, 0.25) is 11.8 Å². The summed E-state index contributed by atoms with van der Waals surface area (Å²) in [6, 6.07) is 14.0. The van der Waals surface area contributed by atoms with E-state index in [9.17, 15) is 14.4 Å². The molecule has 0 aromatic heterocycles. The molecule has 2 aromatic rings. The molecule has 0 unspecified atom stereocenters. The number of nitrogens with zero attached hydrogens (tertiary/aromatic N) is 2. The molecule has 0 spiro atoms. The lowest BCUT2D eigenvalue weighted by Crippen LogP contribution is -2.58. The van der Waals surface area contributed by atoms with Crippen LogP contribution in [-0.2, 0) is 14.4 Å². The molecule has 0 radical (unpaired) electrons. The van der Waals surface area contributed by atoms with E-state index >= 15 is 0 Å². The van der Waals surface area contributed by atoms with Crippen LogP contribution in [0.1, 0.15) is 12.5 Å². The van der Waals surface area contributed by atoms with Gasteiger partial charge in [-0.25, -0.2) is 0 Å². The molecular formula is C20H18N4O3S. The van der Waals surface area contributed by atoms with E-state index in [4.69, 9.17) is 12.2 Å². The smallest absolute Gasteiger partial charge is 0.251 e. The fourth-order valence-electron chi connectivity index (χ4n) is 2.65. The van der Waals surface area contributed by atoms with Gasteiger partial charge in [0.05, 0.1) is 11.4 Å². The number of amides is 3. The van der Waals surface area contributed by atoms with Gasteiger partial charge in [-0.2, -0.15) is 0 Å². The van der Waals surface area contributed by atoms with Gasteiger partial charge in [-0.3, -0.25) is 24.3 Å². The van der Waals surface area contributed by atoms with Crippen molar-refractivity contribution < 1.29 is 14.4 Å². The summed E-state index contributed by atoms with van der Waals surface area (Å²) in [6.45, 7) is 3.36. The van der Waals surface area contributed by atoms with Crippen LogP contribution in [0.4, 0.5) is 17.1 Å². The zero-order chi connectivity index (χ0) is 20.3. The van der Waals surface area contributed by atoms with Gasteiger partial charge in [0.15, 0.2) is 11.0 Å². The van der Waals surface area contributed by atoms with E-state index in [0.717, 1.165) is 5.56 Å². The lowest BCUT2D eigenvalue weighted by Gasteiger charge is -2.30. The normalized spacial score (nSPS) is 17.0. The maximum atomic E-state index is 12.9. The van der Waals surface area contributed by atoms with Crippen LogP contribution in [0.3, 0.4) is 0 Å². The molecule has 3 rings (SSSR count). The van der Waals surface area contributed by atoms with Gasteiger partial charge < -0.3 is 10.6 Å². The molecule has 2 N–H and O–H groups in total. The van der Waals surface area contributed by atoms with E-state index in [-0.39, 0.29) is 11.0 Å². The van der Waals surface area contributed by atoms with Gasteiger partial charge in [0.1, 0.15) is 0 Å². The number of nitrogens with one attached hydrogen (secondary N) is 2. The standard InChI is InChI=1S/C20H18N4O3S/c1-12-3-9-16(10-4-12)24-19(27)17(18(26)23-20(24)28)11-21-14-5-7-15(8-6-14)22-13(2)25/h3-11,17H,1-2H3,(H,22,25)(H,23,26,28)/t17-/m0/s1. The molecule has 0 saturated carbocycles. The Kier molecular flexibility index (Phi) is 5.60. The van der Waals surface area contributed by atoms with Crippen LogP contribution < -0.4 is 15.5 Å². The summed E-state index contributed by atoms with van der Waals surface area (Å²) in [5, 5.41) is 5.25. The van der Waals surface area contributed by atoms with Crippen LogP contribution in [0.25, 0.3) is 0 Å². The number of aliphatic imine (C=N–C) groups is 1. The SMILES string of the molecule is CC(=O)Nc1ccc(N=C[C@H]2C(=O)NC(=S)N(c3ccc(C)cc3)C2=O)cc1. The van der Waals surface area contributed by atoms with Crippen LogP contribution >= 0.6 is 12.2 Å². The van der Waals surface area contributed by atoms with Gasteiger partial charge in [-0.05, 0) is 55.5 Å². The minimum Gasteiger partial charge on any atom is -0.326 e. The number of rotatable bonds is 4. The summed E-state index contributed by atoms with van der Waals surface area (Å²) in [6.07, 6.45) is 1.30. The van der Waals surface area contributed by atoms with Crippen molar-refractivity contribution in [1.29, 1.82) is 0 Å². The van der Waals surface area contributed by atoms with Gasteiger partial charge in [0.25, 0.3) is 5.91 Å². The summed E-state index contributed by atoms with van der Waals surface area (Å²) in [5.74, 6) is -2.25. The van der Waals surface area contributed by atoms with E-state index in [1.807, 2.05) is 19.1 Å². The number of hydrogen-bond donors (Lipinski definition) is 2. The van der Waals surface area contributed by atoms with Gasteiger partial charge in [-0.15, -0.1) is 0 Å². The second-order valence-electron chi connectivity index (χ2n) is 6.29. The number of thiocarbonyl (C=S) groups is 1. The van der Waals surface area contributed by atoms with Crippen LogP contribution in [0.2, 0.25) is 0 Å². The van der Waals surface area contributed by atoms with Crippen molar-refractivity contribution in [3.63, 3.8) is 0 Å². The van der Waals surface area contributed by atoms with Crippen LogP contribution in [0.15, 0.2) is 53.5 Å². The van der Waals surface area contributed by atoms with Crippen molar-refractivity contribution in [3.8, 4) is 0 Å². The second kappa shape index (κ2) is 8.10. The molecule has 0 aliphatic carbocycles.